The Hall–Kier alpha value is -2.03. The number of methoxy groups -OCH3 is 3. The molecule has 1 heterocycles. The summed E-state index contributed by atoms with van der Waals surface area (Å²) in [7, 11) is 4.63. The summed E-state index contributed by atoms with van der Waals surface area (Å²) in [4.78, 5) is 17.7. The SMILES string of the molecule is COC(=O)[C@@]12CC[C@@H](C)[C@](C)(CC=C(C)C)[C@H]1C[C@@H](OC(=S)n1ccnc1)C=C2C(OC)OC. The lowest BCUT2D eigenvalue weighted by molar-refractivity contribution is -0.176. The fourth-order valence-electron chi connectivity index (χ4n) is 5.91. The molecular formula is C26H38N2O5S. The van der Waals surface area contributed by atoms with Crippen molar-refractivity contribution in [2.45, 2.75) is 65.8 Å². The standard InChI is InChI=1S/C26H38N2O5S/c1-17(2)8-10-25(4)18(3)9-11-26(23(29)32-7)20(22(30-5)31-6)14-19(15-21(25)26)33-24(34)28-13-12-27-16-28/h8,12-14,16,18-19,21-22H,9-11,15H2,1-7H3/t18-,19+,21-,25+,26-/m1/s1. The summed E-state index contributed by atoms with van der Waals surface area (Å²) >= 11 is 5.54. The van der Waals surface area contributed by atoms with Crippen LogP contribution in [0.1, 0.15) is 53.4 Å². The number of rotatable bonds is 7. The predicted molar refractivity (Wildman–Crippen MR) is 134 cm³/mol. The smallest absolute Gasteiger partial charge is 0.316 e. The van der Waals surface area contributed by atoms with Crippen molar-refractivity contribution >= 4 is 23.4 Å². The van der Waals surface area contributed by atoms with Crippen molar-refractivity contribution in [3.63, 3.8) is 0 Å². The molecule has 2 aliphatic rings. The van der Waals surface area contributed by atoms with Crippen LogP contribution in [0.15, 0.2) is 42.0 Å². The number of thiocarbonyl (C=S) groups is 1. The van der Waals surface area contributed by atoms with Gasteiger partial charge in [-0.3, -0.25) is 9.36 Å². The van der Waals surface area contributed by atoms with Crippen LogP contribution in [0.2, 0.25) is 0 Å². The molecule has 34 heavy (non-hydrogen) atoms. The maximum absolute atomic E-state index is 13.6. The van der Waals surface area contributed by atoms with E-state index in [2.05, 4.69) is 38.8 Å². The van der Waals surface area contributed by atoms with Crippen molar-refractivity contribution in [2.75, 3.05) is 21.3 Å². The van der Waals surface area contributed by atoms with E-state index in [0.717, 1.165) is 18.4 Å². The topological polar surface area (TPSA) is 71.8 Å². The summed E-state index contributed by atoms with van der Waals surface area (Å²) in [6.45, 7) is 8.80. The number of aromatic nitrogens is 2. The van der Waals surface area contributed by atoms with E-state index in [1.807, 2.05) is 6.08 Å². The van der Waals surface area contributed by atoms with E-state index in [0.29, 0.717) is 23.9 Å². The van der Waals surface area contributed by atoms with E-state index >= 15 is 0 Å². The highest BCUT2D eigenvalue weighted by Crippen LogP contribution is 2.63. The van der Waals surface area contributed by atoms with E-state index in [4.69, 9.17) is 31.2 Å². The average Bonchev–Trinajstić information content (AvgIpc) is 3.36. The number of hydrogen-bond acceptors (Lipinski definition) is 7. The Morgan fingerprint density at radius 3 is 2.59 bits per heavy atom. The maximum Gasteiger partial charge on any atom is 0.316 e. The minimum absolute atomic E-state index is 0.0600. The van der Waals surface area contributed by atoms with Crippen LogP contribution < -0.4 is 0 Å². The minimum Gasteiger partial charge on any atom is -0.468 e. The van der Waals surface area contributed by atoms with Gasteiger partial charge in [-0.25, -0.2) is 4.98 Å². The summed E-state index contributed by atoms with van der Waals surface area (Å²) in [6, 6.07) is 0. The molecule has 0 aromatic carbocycles. The molecule has 1 aromatic rings. The third-order valence-corrected chi connectivity index (χ3v) is 8.29. The maximum atomic E-state index is 13.6. The number of esters is 1. The average molecular weight is 491 g/mol. The zero-order chi connectivity index (χ0) is 25.1. The van der Waals surface area contributed by atoms with Crippen molar-refractivity contribution in [3.8, 4) is 0 Å². The van der Waals surface area contributed by atoms with Crippen LogP contribution in [-0.4, -0.2) is 54.4 Å². The first-order valence-electron chi connectivity index (χ1n) is 11.8. The molecule has 0 bridgehead atoms. The van der Waals surface area contributed by atoms with Crippen LogP contribution in [0.25, 0.3) is 0 Å². The number of ether oxygens (including phenoxy) is 4. The lowest BCUT2D eigenvalue weighted by atomic mass is 9.46. The normalized spacial score (nSPS) is 30.8. The largest absolute Gasteiger partial charge is 0.468 e. The zero-order valence-corrected chi connectivity index (χ0v) is 22.2. The van der Waals surface area contributed by atoms with Crippen LogP contribution in [-0.2, 0) is 23.7 Å². The van der Waals surface area contributed by atoms with Gasteiger partial charge in [-0.2, -0.15) is 0 Å². The number of fused-ring (bicyclic) bond motifs is 1. The lowest BCUT2D eigenvalue weighted by Crippen LogP contribution is -2.58. The molecular weight excluding hydrogens is 452 g/mol. The summed E-state index contributed by atoms with van der Waals surface area (Å²) in [5.74, 6) is 0.0963. The third kappa shape index (κ3) is 4.72. The van der Waals surface area contributed by atoms with Crippen molar-refractivity contribution in [3.05, 3.63) is 42.0 Å². The highest BCUT2D eigenvalue weighted by molar-refractivity contribution is 7.80. The summed E-state index contributed by atoms with van der Waals surface area (Å²) < 4.78 is 24.8. The van der Waals surface area contributed by atoms with Gasteiger partial charge >= 0.3 is 5.97 Å². The Morgan fingerprint density at radius 1 is 1.32 bits per heavy atom. The van der Waals surface area contributed by atoms with Crippen LogP contribution in [0.4, 0.5) is 0 Å². The van der Waals surface area contributed by atoms with Crippen molar-refractivity contribution in [1.29, 1.82) is 0 Å². The second kappa shape index (κ2) is 10.7. The number of nitrogens with zero attached hydrogens (tertiary/aromatic N) is 2. The third-order valence-electron chi connectivity index (χ3n) is 7.99. The molecule has 0 spiro atoms. The van der Waals surface area contributed by atoms with Crippen LogP contribution >= 0.6 is 12.2 Å². The van der Waals surface area contributed by atoms with E-state index in [1.54, 1.807) is 37.5 Å². The van der Waals surface area contributed by atoms with Gasteiger partial charge in [0.15, 0.2) is 6.29 Å². The summed E-state index contributed by atoms with van der Waals surface area (Å²) in [5.41, 5.74) is 0.982. The number of hydrogen-bond donors (Lipinski definition) is 0. The van der Waals surface area contributed by atoms with Crippen LogP contribution in [0.5, 0.6) is 0 Å². The second-order valence-electron chi connectivity index (χ2n) is 10.00. The molecule has 0 saturated heterocycles. The molecule has 5 atom stereocenters. The quantitative estimate of drug-likeness (QED) is 0.233. The van der Waals surface area contributed by atoms with Gasteiger partial charge in [0, 0.05) is 32.2 Å². The van der Waals surface area contributed by atoms with Gasteiger partial charge in [-0.05, 0) is 75.1 Å². The van der Waals surface area contributed by atoms with Crippen molar-refractivity contribution in [1.82, 2.24) is 9.55 Å². The molecule has 0 radical (unpaired) electrons. The number of carbonyl (C=O) groups is 1. The van der Waals surface area contributed by atoms with E-state index in [-0.39, 0.29) is 23.4 Å². The van der Waals surface area contributed by atoms with Gasteiger partial charge in [-0.1, -0.05) is 25.5 Å². The lowest BCUT2D eigenvalue weighted by Gasteiger charge is -2.58. The molecule has 1 saturated carbocycles. The first-order chi connectivity index (χ1) is 16.1. The first kappa shape index (κ1) is 26.6. The molecule has 0 N–H and O–H groups in total. The number of imidazole rings is 1. The van der Waals surface area contributed by atoms with Gasteiger partial charge in [0.2, 0.25) is 0 Å². The molecule has 7 nitrogen and oxygen atoms in total. The predicted octanol–water partition coefficient (Wildman–Crippen LogP) is 4.92. The fourth-order valence-corrected chi connectivity index (χ4v) is 6.14. The van der Waals surface area contributed by atoms with Crippen LogP contribution in [0.3, 0.4) is 0 Å². The Kier molecular flexibility index (Phi) is 8.37. The molecule has 188 valence electrons. The second-order valence-corrected chi connectivity index (χ2v) is 10.3. The highest BCUT2D eigenvalue weighted by atomic mass is 32.1. The fraction of sp³-hybridized carbons (Fsp3) is 0.654. The summed E-state index contributed by atoms with van der Waals surface area (Å²) in [6.07, 6.45) is 11.3. The molecule has 1 fully saturated rings. The van der Waals surface area contributed by atoms with E-state index in [9.17, 15) is 4.79 Å². The van der Waals surface area contributed by atoms with E-state index < -0.39 is 11.7 Å². The first-order valence-corrected chi connectivity index (χ1v) is 12.2. The van der Waals surface area contributed by atoms with Gasteiger partial charge < -0.3 is 18.9 Å². The van der Waals surface area contributed by atoms with E-state index in [1.165, 1.54) is 12.7 Å². The minimum atomic E-state index is -0.862. The molecule has 8 heteroatoms. The highest BCUT2D eigenvalue weighted by Gasteiger charge is 2.63. The number of allylic oxidation sites excluding steroid dienone is 2. The van der Waals surface area contributed by atoms with Crippen molar-refractivity contribution in [2.24, 2.45) is 22.7 Å². The van der Waals surface area contributed by atoms with Crippen molar-refractivity contribution < 1.29 is 23.7 Å². The molecule has 0 unspecified atom stereocenters. The Balaban J connectivity index is 2.15. The van der Waals surface area contributed by atoms with Gasteiger partial charge in [0.05, 0.1) is 12.5 Å². The summed E-state index contributed by atoms with van der Waals surface area (Å²) in [5, 5.41) is 0.310. The zero-order valence-electron chi connectivity index (χ0n) is 21.4. The van der Waals surface area contributed by atoms with Crippen LogP contribution in [0, 0.1) is 22.7 Å². The molecule has 2 aliphatic carbocycles. The monoisotopic (exact) mass is 490 g/mol. The Morgan fingerprint density at radius 2 is 2.03 bits per heavy atom. The Labute approximate surface area is 208 Å². The molecule has 0 aliphatic heterocycles. The number of carbonyl (C=O) groups excluding carboxylic acids is 1. The molecule has 0 amide bonds. The van der Waals surface area contributed by atoms with Gasteiger partial charge in [0.1, 0.15) is 12.4 Å². The van der Waals surface area contributed by atoms with Gasteiger partial charge in [0.25, 0.3) is 5.17 Å². The molecule has 3 rings (SSSR count). The van der Waals surface area contributed by atoms with Gasteiger partial charge in [-0.15, -0.1) is 0 Å². The Bertz CT molecular complexity index is 935. The molecule has 1 aromatic heterocycles.